The molecule has 0 spiro atoms. The van der Waals surface area contributed by atoms with Crippen LogP contribution in [0, 0.1) is 18.6 Å². The lowest BCUT2D eigenvalue weighted by molar-refractivity contribution is 0.177. The van der Waals surface area contributed by atoms with E-state index in [4.69, 9.17) is 0 Å². The van der Waals surface area contributed by atoms with Gasteiger partial charge in [-0.25, -0.2) is 8.78 Å². The van der Waals surface area contributed by atoms with E-state index in [1.54, 1.807) is 6.07 Å². The van der Waals surface area contributed by atoms with E-state index in [0.717, 1.165) is 28.2 Å². The van der Waals surface area contributed by atoms with Gasteiger partial charge in [0.25, 0.3) is 0 Å². The van der Waals surface area contributed by atoms with Gasteiger partial charge in [-0.1, -0.05) is 28.1 Å². The molecule has 0 bridgehead atoms. The van der Waals surface area contributed by atoms with Gasteiger partial charge in [-0.05, 0) is 47.9 Å². The molecular weight excluding hydrogens is 314 g/mol. The Labute approximate surface area is 119 Å². The summed E-state index contributed by atoms with van der Waals surface area (Å²) in [7, 11) is 0. The number of benzene rings is 2. The fourth-order valence-corrected chi connectivity index (χ4v) is 2.15. The van der Waals surface area contributed by atoms with Crippen molar-refractivity contribution in [2.24, 2.45) is 0 Å². The quantitative estimate of drug-likeness (QED) is 0.891. The molecule has 1 unspecified atom stereocenters. The van der Waals surface area contributed by atoms with Crippen molar-refractivity contribution >= 4 is 15.9 Å². The Balaban J connectivity index is 2.22. The second-order valence-electron chi connectivity index (χ2n) is 4.46. The molecule has 0 radical (unpaired) electrons. The third-order valence-electron chi connectivity index (χ3n) is 2.99. The van der Waals surface area contributed by atoms with Gasteiger partial charge < -0.3 is 5.11 Å². The van der Waals surface area contributed by atoms with Gasteiger partial charge in [0, 0.05) is 10.9 Å². The Morgan fingerprint density at radius 2 is 1.89 bits per heavy atom. The summed E-state index contributed by atoms with van der Waals surface area (Å²) in [6, 6.07) is 8.67. The van der Waals surface area contributed by atoms with Crippen LogP contribution in [0.4, 0.5) is 8.78 Å². The molecule has 0 aromatic heterocycles. The molecule has 100 valence electrons. The van der Waals surface area contributed by atoms with E-state index in [9.17, 15) is 13.9 Å². The molecule has 2 rings (SSSR count). The standard InChI is InChI=1S/C15H13BrF2O/c1-9-6-10(2-4-13(9)16)15(19)8-11-7-12(17)3-5-14(11)18/h2-7,15,19H,8H2,1H3. The molecule has 0 aliphatic heterocycles. The summed E-state index contributed by atoms with van der Waals surface area (Å²) in [4.78, 5) is 0. The van der Waals surface area contributed by atoms with Gasteiger partial charge in [0.2, 0.25) is 0 Å². The highest BCUT2D eigenvalue weighted by Crippen LogP contribution is 2.24. The van der Waals surface area contributed by atoms with Crippen molar-refractivity contribution < 1.29 is 13.9 Å². The van der Waals surface area contributed by atoms with Crippen molar-refractivity contribution in [1.82, 2.24) is 0 Å². The summed E-state index contributed by atoms with van der Waals surface area (Å²) >= 11 is 3.38. The van der Waals surface area contributed by atoms with E-state index >= 15 is 0 Å². The number of aliphatic hydroxyl groups excluding tert-OH is 1. The summed E-state index contributed by atoms with van der Waals surface area (Å²) in [6.07, 6.45) is -0.812. The molecule has 1 nitrogen and oxygen atoms in total. The van der Waals surface area contributed by atoms with Gasteiger partial charge in [0.15, 0.2) is 0 Å². The molecule has 19 heavy (non-hydrogen) atoms. The first kappa shape index (κ1) is 14.2. The Kier molecular flexibility index (Phi) is 4.32. The molecule has 0 fully saturated rings. The molecule has 0 heterocycles. The second kappa shape index (κ2) is 5.80. The van der Waals surface area contributed by atoms with Crippen LogP contribution in [0.25, 0.3) is 0 Å². The summed E-state index contributed by atoms with van der Waals surface area (Å²) in [5, 5.41) is 10.1. The molecule has 0 aliphatic rings. The Morgan fingerprint density at radius 1 is 1.16 bits per heavy atom. The summed E-state index contributed by atoms with van der Waals surface area (Å²) in [6.45, 7) is 1.91. The number of hydrogen-bond acceptors (Lipinski definition) is 1. The number of halogens is 3. The first-order chi connectivity index (χ1) is 8.97. The molecule has 0 aliphatic carbocycles. The zero-order chi connectivity index (χ0) is 14.0. The van der Waals surface area contributed by atoms with Gasteiger partial charge in [0.1, 0.15) is 11.6 Å². The van der Waals surface area contributed by atoms with Crippen LogP contribution in [0.1, 0.15) is 22.8 Å². The predicted molar refractivity (Wildman–Crippen MR) is 73.9 cm³/mol. The van der Waals surface area contributed by atoms with E-state index in [0.29, 0.717) is 5.56 Å². The molecule has 1 N–H and O–H groups in total. The minimum Gasteiger partial charge on any atom is -0.388 e. The first-order valence-electron chi connectivity index (χ1n) is 5.85. The number of aryl methyl sites for hydroxylation is 1. The maximum Gasteiger partial charge on any atom is 0.126 e. The molecule has 1 atom stereocenters. The zero-order valence-corrected chi connectivity index (χ0v) is 11.9. The molecule has 2 aromatic carbocycles. The lowest BCUT2D eigenvalue weighted by Crippen LogP contribution is -2.04. The van der Waals surface area contributed by atoms with Crippen molar-refractivity contribution in [3.8, 4) is 0 Å². The molecule has 0 amide bonds. The van der Waals surface area contributed by atoms with E-state index in [1.807, 2.05) is 19.1 Å². The van der Waals surface area contributed by atoms with Crippen molar-refractivity contribution in [2.45, 2.75) is 19.4 Å². The molecule has 2 aromatic rings. The highest BCUT2D eigenvalue weighted by atomic mass is 79.9. The topological polar surface area (TPSA) is 20.2 Å². The maximum atomic E-state index is 13.5. The van der Waals surface area contributed by atoms with Crippen LogP contribution in [0.2, 0.25) is 0 Å². The number of aliphatic hydroxyl groups is 1. The fraction of sp³-hybridized carbons (Fsp3) is 0.200. The van der Waals surface area contributed by atoms with Crippen LogP contribution >= 0.6 is 15.9 Å². The Bertz CT molecular complexity index is 599. The van der Waals surface area contributed by atoms with Gasteiger partial charge in [-0.15, -0.1) is 0 Å². The van der Waals surface area contributed by atoms with Crippen molar-refractivity contribution in [2.75, 3.05) is 0 Å². The third-order valence-corrected chi connectivity index (χ3v) is 3.88. The highest BCUT2D eigenvalue weighted by Gasteiger charge is 2.13. The maximum absolute atomic E-state index is 13.5. The van der Waals surface area contributed by atoms with Gasteiger partial charge in [0.05, 0.1) is 6.10 Å². The fourth-order valence-electron chi connectivity index (χ4n) is 1.90. The average Bonchev–Trinajstić information content (AvgIpc) is 2.37. The lowest BCUT2D eigenvalue weighted by Gasteiger charge is -2.13. The predicted octanol–water partition coefficient (Wildman–Crippen LogP) is 4.31. The van der Waals surface area contributed by atoms with E-state index in [-0.39, 0.29) is 12.0 Å². The van der Waals surface area contributed by atoms with Crippen LogP contribution in [0.3, 0.4) is 0 Å². The van der Waals surface area contributed by atoms with Gasteiger partial charge >= 0.3 is 0 Å². The normalized spacial score (nSPS) is 12.5. The van der Waals surface area contributed by atoms with Crippen molar-refractivity contribution in [1.29, 1.82) is 0 Å². The van der Waals surface area contributed by atoms with Gasteiger partial charge in [-0.3, -0.25) is 0 Å². The summed E-state index contributed by atoms with van der Waals surface area (Å²) < 4.78 is 27.5. The molecule has 0 saturated carbocycles. The number of rotatable bonds is 3. The molecular formula is C15H13BrF2O. The van der Waals surface area contributed by atoms with Crippen LogP contribution in [0.5, 0.6) is 0 Å². The van der Waals surface area contributed by atoms with Crippen LogP contribution in [-0.2, 0) is 6.42 Å². The van der Waals surface area contributed by atoms with Crippen molar-refractivity contribution in [3.63, 3.8) is 0 Å². The smallest absolute Gasteiger partial charge is 0.126 e. The van der Waals surface area contributed by atoms with E-state index in [2.05, 4.69) is 15.9 Å². The van der Waals surface area contributed by atoms with Crippen LogP contribution in [-0.4, -0.2) is 5.11 Å². The minimum atomic E-state index is -0.858. The number of hydrogen-bond donors (Lipinski definition) is 1. The SMILES string of the molecule is Cc1cc(C(O)Cc2cc(F)ccc2F)ccc1Br. The van der Waals surface area contributed by atoms with E-state index in [1.165, 1.54) is 0 Å². The van der Waals surface area contributed by atoms with E-state index < -0.39 is 17.7 Å². The largest absolute Gasteiger partial charge is 0.388 e. The lowest BCUT2D eigenvalue weighted by atomic mass is 9.99. The van der Waals surface area contributed by atoms with Crippen molar-refractivity contribution in [3.05, 3.63) is 69.2 Å². The average molecular weight is 327 g/mol. The molecule has 4 heteroatoms. The highest BCUT2D eigenvalue weighted by molar-refractivity contribution is 9.10. The van der Waals surface area contributed by atoms with Crippen LogP contribution in [0.15, 0.2) is 40.9 Å². The Hall–Kier alpha value is -1.26. The zero-order valence-electron chi connectivity index (χ0n) is 10.3. The monoisotopic (exact) mass is 326 g/mol. The Morgan fingerprint density at radius 3 is 2.58 bits per heavy atom. The second-order valence-corrected chi connectivity index (χ2v) is 5.32. The van der Waals surface area contributed by atoms with Gasteiger partial charge in [-0.2, -0.15) is 0 Å². The minimum absolute atomic E-state index is 0.0463. The first-order valence-corrected chi connectivity index (χ1v) is 6.64. The summed E-state index contributed by atoms with van der Waals surface area (Å²) in [5.74, 6) is -1.01. The molecule has 0 saturated heterocycles. The third kappa shape index (κ3) is 3.39. The summed E-state index contributed by atoms with van der Waals surface area (Å²) in [5.41, 5.74) is 1.84. The van der Waals surface area contributed by atoms with Crippen LogP contribution < -0.4 is 0 Å².